The van der Waals surface area contributed by atoms with Crippen LogP contribution in [0.3, 0.4) is 0 Å². The largest absolute Gasteiger partial charge is 0.471 e. The molecular weight excluding hydrogens is 825 g/mol. The summed E-state index contributed by atoms with van der Waals surface area (Å²) < 4.78 is 10.3. The normalized spacial score (nSPS) is 12.5. The summed E-state index contributed by atoms with van der Waals surface area (Å²) in [6, 6.07) is 25.7. The Bertz CT molecular complexity index is 2030. The van der Waals surface area contributed by atoms with E-state index in [1.807, 2.05) is 65.0 Å². The van der Waals surface area contributed by atoms with Crippen molar-refractivity contribution in [1.29, 1.82) is 0 Å². The van der Waals surface area contributed by atoms with Crippen LogP contribution in [0, 0.1) is 0 Å². The predicted molar refractivity (Wildman–Crippen MR) is 253 cm³/mol. The number of likely N-dealkylation sites (N-methyl/N-ethyl adjacent to an activating group) is 2. The van der Waals surface area contributed by atoms with Gasteiger partial charge in [-0.25, -0.2) is 9.97 Å². The first kappa shape index (κ1) is 52.6. The monoisotopic (exact) mass is 888 g/mol. The van der Waals surface area contributed by atoms with E-state index >= 15 is 0 Å². The maximum atomic E-state index is 12.4. The summed E-state index contributed by atoms with van der Waals surface area (Å²) >= 11 is 3.58. The fourth-order valence-corrected chi connectivity index (χ4v) is 8.24. The summed E-state index contributed by atoms with van der Waals surface area (Å²) in [5, 5.41) is 5.60. The maximum Gasteiger partial charge on any atom is 0.292 e. The van der Waals surface area contributed by atoms with Gasteiger partial charge < -0.3 is 39.8 Å². The van der Waals surface area contributed by atoms with Gasteiger partial charge in [0, 0.05) is 20.8 Å². The molecule has 1 atom stereocenters. The van der Waals surface area contributed by atoms with Gasteiger partial charge in [0.05, 0.1) is 68.6 Å². The second-order valence-electron chi connectivity index (χ2n) is 13.7. The van der Waals surface area contributed by atoms with E-state index in [0.29, 0.717) is 38.6 Å². The van der Waals surface area contributed by atoms with E-state index in [9.17, 15) is 9.59 Å². The molecule has 1 saturated heterocycles. The van der Waals surface area contributed by atoms with Gasteiger partial charge in [-0.05, 0) is 70.2 Å². The number of imidazole rings is 2. The number of carbonyl (C=O) groups is 4. The summed E-state index contributed by atoms with van der Waals surface area (Å²) in [5.41, 5.74) is 4.44. The van der Waals surface area contributed by atoms with Crippen molar-refractivity contribution in [3.05, 3.63) is 96.8 Å². The molecule has 6 aromatic rings. The number of hydrogen-bond acceptors (Lipinski definition) is 13. The average molecular weight is 889 g/mol. The minimum absolute atomic E-state index is 0.0886. The van der Waals surface area contributed by atoms with Crippen LogP contribution in [0.25, 0.3) is 41.7 Å². The lowest BCUT2D eigenvalue weighted by atomic mass is 10.1. The van der Waals surface area contributed by atoms with Gasteiger partial charge in [-0.1, -0.05) is 87.9 Å². The molecule has 0 saturated carbocycles. The second kappa shape index (κ2) is 31.3. The Labute approximate surface area is 374 Å². The SMILES string of the molecule is CCC.CCCN(Cc1ncc(-c2cc3sc(-c4ccc(-c5cnc(C6CCCN6C)[nH]5)cc4)cc3s2)[nH]1)C(=O)CNC.CNCC=O.COC=O.COC=O.c1ccccc1. The van der Waals surface area contributed by atoms with Crippen molar-refractivity contribution in [3.8, 4) is 32.3 Å². The number of benzene rings is 2. The Morgan fingerprint density at radius 2 is 1.39 bits per heavy atom. The Kier molecular flexibility index (Phi) is 26.6. The van der Waals surface area contributed by atoms with Crippen LogP contribution in [0.2, 0.25) is 0 Å². The number of carbonyl (C=O) groups excluding carboxylic acids is 4. The molecule has 4 aromatic heterocycles. The van der Waals surface area contributed by atoms with Gasteiger partial charge in [0.15, 0.2) is 0 Å². The van der Waals surface area contributed by atoms with E-state index in [-0.39, 0.29) is 5.91 Å². The molecule has 0 spiro atoms. The van der Waals surface area contributed by atoms with Crippen LogP contribution in [0.15, 0.2) is 85.2 Å². The molecule has 7 rings (SSSR count). The van der Waals surface area contributed by atoms with Gasteiger partial charge in [0.1, 0.15) is 17.9 Å². The number of nitrogens with one attached hydrogen (secondary N) is 4. The number of amides is 1. The first-order valence-corrected chi connectivity index (χ1v) is 22.2. The first-order valence-electron chi connectivity index (χ1n) is 20.6. The molecule has 0 aliphatic carbocycles. The molecule has 14 nitrogen and oxygen atoms in total. The number of rotatable bonds is 14. The van der Waals surface area contributed by atoms with Crippen molar-refractivity contribution < 1.29 is 28.7 Å². The van der Waals surface area contributed by atoms with Crippen LogP contribution in [-0.4, -0.2) is 116 Å². The molecule has 0 bridgehead atoms. The molecule has 5 heterocycles. The quantitative estimate of drug-likeness (QED) is 0.0776. The number of nitrogens with zero attached hydrogens (tertiary/aromatic N) is 4. The molecule has 2 aromatic carbocycles. The minimum Gasteiger partial charge on any atom is -0.471 e. The Morgan fingerprint density at radius 1 is 0.839 bits per heavy atom. The molecule has 62 heavy (non-hydrogen) atoms. The average Bonchev–Trinajstić information content (AvgIpc) is 4.16. The van der Waals surface area contributed by atoms with Gasteiger partial charge in [-0.15, -0.1) is 22.7 Å². The third-order valence-corrected chi connectivity index (χ3v) is 11.1. The van der Waals surface area contributed by atoms with E-state index in [1.54, 1.807) is 25.4 Å². The molecule has 1 aliphatic heterocycles. The molecule has 336 valence electrons. The molecule has 1 fully saturated rings. The lowest BCUT2D eigenvalue weighted by molar-refractivity contribution is -0.131. The van der Waals surface area contributed by atoms with Crippen LogP contribution in [-0.2, 0) is 35.2 Å². The number of aromatic nitrogens is 4. The molecule has 4 N–H and O–H groups in total. The number of likely N-dealkylation sites (tertiary alicyclic amines) is 1. The number of hydrogen-bond donors (Lipinski definition) is 4. The smallest absolute Gasteiger partial charge is 0.292 e. The van der Waals surface area contributed by atoms with Crippen LogP contribution in [0.4, 0.5) is 0 Å². The highest BCUT2D eigenvalue weighted by atomic mass is 32.1. The van der Waals surface area contributed by atoms with Crippen molar-refractivity contribution >= 4 is 57.2 Å². The van der Waals surface area contributed by atoms with Crippen molar-refractivity contribution in [2.24, 2.45) is 0 Å². The van der Waals surface area contributed by atoms with Gasteiger partial charge in [0.2, 0.25) is 5.91 Å². The van der Waals surface area contributed by atoms with E-state index in [0.717, 1.165) is 65.7 Å². The molecular formula is C46H64N8O6S2. The summed E-state index contributed by atoms with van der Waals surface area (Å²) in [7, 11) is 8.32. The number of thiophene rings is 2. The number of aldehydes is 1. The van der Waals surface area contributed by atoms with Gasteiger partial charge in [-0.3, -0.25) is 19.3 Å². The zero-order valence-electron chi connectivity index (χ0n) is 37.3. The van der Waals surface area contributed by atoms with Crippen molar-refractivity contribution in [2.75, 3.05) is 61.5 Å². The van der Waals surface area contributed by atoms with E-state index < -0.39 is 0 Å². The third-order valence-electron chi connectivity index (χ3n) is 8.67. The Morgan fingerprint density at radius 3 is 1.87 bits per heavy atom. The zero-order valence-corrected chi connectivity index (χ0v) is 38.9. The highest BCUT2D eigenvalue weighted by Crippen LogP contribution is 2.41. The summed E-state index contributed by atoms with van der Waals surface area (Å²) in [6.07, 6.45) is 9.21. The fraction of sp³-hybridized carbons (Fsp3) is 0.391. The minimum atomic E-state index is 0.0886. The number of H-pyrrole nitrogens is 2. The van der Waals surface area contributed by atoms with Gasteiger partial charge >= 0.3 is 0 Å². The van der Waals surface area contributed by atoms with Crippen molar-refractivity contribution in [3.63, 3.8) is 0 Å². The first-order chi connectivity index (χ1) is 30.2. The molecule has 16 heteroatoms. The number of fused-ring (bicyclic) bond motifs is 1. The molecule has 0 radical (unpaired) electrons. The second-order valence-corrected chi connectivity index (χ2v) is 15.9. The maximum absolute atomic E-state index is 12.4. The van der Waals surface area contributed by atoms with Gasteiger partial charge in [-0.2, -0.15) is 0 Å². The van der Waals surface area contributed by atoms with Gasteiger partial charge in [0.25, 0.3) is 12.9 Å². The lowest BCUT2D eigenvalue weighted by Gasteiger charge is -2.20. The Hall–Kier alpha value is -5.52. The predicted octanol–water partition coefficient (Wildman–Crippen LogP) is 8.22. The third kappa shape index (κ3) is 18.2. The van der Waals surface area contributed by atoms with Crippen LogP contribution in [0.1, 0.15) is 64.1 Å². The number of methoxy groups -OCH3 is 2. The van der Waals surface area contributed by atoms with E-state index in [1.165, 1.54) is 46.9 Å². The number of ether oxygens (including phenoxy) is 2. The molecule has 1 amide bonds. The lowest BCUT2D eigenvalue weighted by Crippen LogP contribution is -2.37. The highest BCUT2D eigenvalue weighted by molar-refractivity contribution is 7.31. The van der Waals surface area contributed by atoms with Crippen LogP contribution in [0.5, 0.6) is 0 Å². The number of aromatic amines is 2. The van der Waals surface area contributed by atoms with Crippen molar-refractivity contribution in [2.45, 2.75) is 59.0 Å². The summed E-state index contributed by atoms with van der Waals surface area (Å²) in [6.45, 7) is 10.2. The van der Waals surface area contributed by atoms with E-state index in [4.69, 9.17) is 9.59 Å². The molecule has 1 unspecified atom stereocenters. The van der Waals surface area contributed by atoms with Crippen molar-refractivity contribution in [1.82, 2.24) is 40.4 Å². The Balaban J connectivity index is 0.000000496. The zero-order chi connectivity index (χ0) is 45.5. The fourth-order valence-electron chi connectivity index (χ4n) is 5.88. The topological polar surface area (TPSA) is 175 Å². The van der Waals surface area contributed by atoms with E-state index in [2.05, 4.69) is 109 Å². The highest BCUT2D eigenvalue weighted by Gasteiger charge is 2.25. The summed E-state index contributed by atoms with van der Waals surface area (Å²) in [5.74, 6) is 1.97. The van der Waals surface area contributed by atoms with Crippen LogP contribution < -0.4 is 10.6 Å². The molecule has 1 aliphatic rings. The van der Waals surface area contributed by atoms with Crippen LogP contribution >= 0.6 is 22.7 Å². The summed E-state index contributed by atoms with van der Waals surface area (Å²) in [4.78, 5) is 62.5. The standard InChI is InChI=1S/C30H35N7OS2.C6H6.C3H7NO.C3H8.2C2H4O2/c1-4-11-37(29(38)17-31-2)18-28-32-16-22(34-28)25-14-27-26(40-25)13-24(39-27)20-9-7-19(8-10-20)21-15-33-30(35-21)23-6-5-12-36(23)3;1-2-4-6-5-3-1;1-4-2-3-5;1-3-2;2*1-4-2-3/h7-10,13-16,23,31H,4-6,11-12,17-18H2,1-3H3,(H,32,34)(H,33,35);1-6H;3-4H,2H2,1H3;3H2,1-2H3;2*2H,1H3.